The van der Waals surface area contributed by atoms with Gasteiger partial charge < -0.3 is 15.2 Å². The molecule has 0 heterocycles. The van der Waals surface area contributed by atoms with E-state index in [1.807, 2.05) is 6.92 Å². The maximum Gasteiger partial charge on any atom is 0.335 e. The summed E-state index contributed by atoms with van der Waals surface area (Å²) in [4.78, 5) is 23.2. The van der Waals surface area contributed by atoms with Gasteiger partial charge in [-0.05, 0) is 37.3 Å². The highest BCUT2D eigenvalue weighted by Gasteiger charge is 2.12. The summed E-state index contributed by atoms with van der Waals surface area (Å²) in [5, 5.41) is 11.6. The molecule has 0 fully saturated rings. The molecule has 0 saturated carbocycles. The first-order chi connectivity index (χ1) is 10.1. The fourth-order valence-corrected chi connectivity index (χ4v) is 1.86. The van der Waals surface area contributed by atoms with Crippen molar-refractivity contribution in [2.75, 3.05) is 11.9 Å². The Morgan fingerprint density at radius 2 is 1.90 bits per heavy atom. The Balaban J connectivity index is 2.22. The topological polar surface area (TPSA) is 75.6 Å². The minimum atomic E-state index is -1.04. The van der Waals surface area contributed by atoms with E-state index in [1.54, 1.807) is 36.4 Å². The van der Waals surface area contributed by atoms with Crippen LogP contribution in [0.4, 0.5) is 5.69 Å². The molecule has 0 aliphatic rings. The average molecular weight is 285 g/mol. The molecule has 0 aromatic heterocycles. The summed E-state index contributed by atoms with van der Waals surface area (Å²) >= 11 is 0. The lowest BCUT2D eigenvalue weighted by molar-refractivity contribution is 0.0696. The van der Waals surface area contributed by atoms with Gasteiger partial charge in [-0.25, -0.2) is 4.79 Å². The van der Waals surface area contributed by atoms with Crippen molar-refractivity contribution in [1.29, 1.82) is 0 Å². The van der Waals surface area contributed by atoms with Crippen molar-refractivity contribution in [2.45, 2.75) is 6.92 Å². The Morgan fingerprint density at radius 3 is 2.62 bits per heavy atom. The first-order valence-corrected chi connectivity index (χ1v) is 6.48. The Bertz CT molecular complexity index is 667. The van der Waals surface area contributed by atoms with E-state index in [1.165, 1.54) is 12.1 Å². The fourth-order valence-electron chi connectivity index (χ4n) is 1.86. The summed E-state index contributed by atoms with van der Waals surface area (Å²) in [5.41, 5.74) is 0.942. The Kier molecular flexibility index (Phi) is 4.56. The zero-order valence-electron chi connectivity index (χ0n) is 11.5. The molecule has 2 aromatic carbocycles. The number of ether oxygens (including phenoxy) is 1. The van der Waals surface area contributed by atoms with Crippen molar-refractivity contribution in [2.24, 2.45) is 0 Å². The molecule has 5 nitrogen and oxygen atoms in total. The zero-order valence-corrected chi connectivity index (χ0v) is 11.5. The summed E-state index contributed by atoms with van der Waals surface area (Å²) in [6, 6.07) is 13.0. The normalized spacial score (nSPS) is 9.95. The molecule has 21 heavy (non-hydrogen) atoms. The van der Waals surface area contributed by atoms with Crippen LogP contribution in [0.1, 0.15) is 27.6 Å². The third kappa shape index (κ3) is 3.60. The van der Waals surface area contributed by atoms with Crippen LogP contribution in [0.15, 0.2) is 48.5 Å². The molecule has 0 radical (unpaired) electrons. The number of rotatable bonds is 5. The fraction of sp³-hybridized carbons (Fsp3) is 0.125. The number of carboxylic acid groups (broad SMARTS) is 1. The number of amides is 1. The van der Waals surface area contributed by atoms with Crippen LogP contribution < -0.4 is 10.1 Å². The molecule has 0 saturated heterocycles. The number of anilines is 1. The number of aromatic carboxylic acids is 1. The number of hydrogen-bond acceptors (Lipinski definition) is 3. The largest absolute Gasteiger partial charge is 0.493 e. The number of benzene rings is 2. The molecule has 0 unspecified atom stereocenters. The van der Waals surface area contributed by atoms with Crippen LogP contribution >= 0.6 is 0 Å². The van der Waals surface area contributed by atoms with Crippen molar-refractivity contribution in [3.8, 4) is 5.75 Å². The van der Waals surface area contributed by atoms with Gasteiger partial charge in [0.1, 0.15) is 5.75 Å². The lowest BCUT2D eigenvalue weighted by Gasteiger charge is -2.10. The molecular weight excluding hydrogens is 270 g/mol. The Morgan fingerprint density at radius 1 is 1.14 bits per heavy atom. The van der Waals surface area contributed by atoms with Crippen molar-refractivity contribution >= 4 is 17.6 Å². The van der Waals surface area contributed by atoms with Crippen LogP contribution in [0.5, 0.6) is 5.75 Å². The maximum atomic E-state index is 12.3. The molecule has 0 atom stereocenters. The van der Waals surface area contributed by atoms with E-state index in [0.29, 0.717) is 23.6 Å². The van der Waals surface area contributed by atoms with Gasteiger partial charge in [-0.15, -0.1) is 0 Å². The molecule has 0 spiro atoms. The van der Waals surface area contributed by atoms with E-state index in [9.17, 15) is 9.59 Å². The number of para-hydroxylation sites is 1. The lowest BCUT2D eigenvalue weighted by atomic mass is 10.1. The monoisotopic (exact) mass is 285 g/mol. The number of carboxylic acids is 1. The predicted octanol–water partition coefficient (Wildman–Crippen LogP) is 3.04. The highest BCUT2D eigenvalue weighted by molar-refractivity contribution is 6.06. The zero-order chi connectivity index (χ0) is 15.2. The van der Waals surface area contributed by atoms with Gasteiger partial charge in [0.2, 0.25) is 0 Å². The quantitative estimate of drug-likeness (QED) is 0.885. The van der Waals surface area contributed by atoms with E-state index in [4.69, 9.17) is 9.84 Å². The van der Waals surface area contributed by atoms with E-state index < -0.39 is 5.97 Å². The van der Waals surface area contributed by atoms with Gasteiger partial charge in [-0.2, -0.15) is 0 Å². The molecule has 0 aliphatic heterocycles. The maximum absolute atomic E-state index is 12.3. The van der Waals surface area contributed by atoms with Gasteiger partial charge in [0, 0.05) is 5.69 Å². The summed E-state index contributed by atoms with van der Waals surface area (Å²) in [6.45, 7) is 2.30. The van der Waals surface area contributed by atoms with E-state index >= 15 is 0 Å². The van der Waals surface area contributed by atoms with Crippen LogP contribution in [0.25, 0.3) is 0 Å². The van der Waals surface area contributed by atoms with Crippen molar-refractivity contribution in [3.05, 3.63) is 59.7 Å². The third-order valence-electron chi connectivity index (χ3n) is 2.80. The van der Waals surface area contributed by atoms with Crippen LogP contribution in [-0.4, -0.2) is 23.6 Å². The van der Waals surface area contributed by atoms with Crippen molar-refractivity contribution in [3.63, 3.8) is 0 Å². The molecule has 108 valence electrons. The van der Waals surface area contributed by atoms with Gasteiger partial charge >= 0.3 is 5.97 Å². The number of carbonyl (C=O) groups is 2. The highest BCUT2D eigenvalue weighted by atomic mass is 16.5. The van der Waals surface area contributed by atoms with Gasteiger partial charge in [0.05, 0.1) is 17.7 Å². The van der Waals surface area contributed by atoms with Crippen LogP contribution in [0.3, 0.4) is 0 Å². The number of hydrogen-bond donors (Lipinski definition) is 2. The molecule has 2 N–H and O–H groups in total. The SMILES string of the molecule is CCOc1ccccc1C(=O)Nc1cccc(C(=O)O)c1. The molecule has 0 bridgehead atoms. The third-order valence-corrected chi connectivity index (χ3v) is 2.80. The molecular formula is C16H15NO4. The second kappa shape index (κ2) is 6.56. The minimum Gasteiger partial charge on any atom is -0.493 e. The summed E-state index contributed by atoms with van der Waals surface area (Å²) in [6.07, 6.45) is 0. The Labute approximate surface area is 122 Å². The summed E-state index contributed by atoms with van der Waals surface area (Å²) < 4.78 is 5.40. The molecule has 2 rings (SSSR count). The molecule has 0 aliphatic carbocycles. The van der Waals surface area contributed by atoms with E-state index in [2.05, 4.69) is 5.32 Å². The van der Waals surface area contributed by atoms with Gasteiger partial charge in [0.15, 0.2) is 0 Å². The second-order valence-corrected chi connectivity index (χ2v) is 4.27. The lowest BCUT2D eigenvalue weighted by Crippen LogP contribution is -2.14. The molecule has 5 heteroatoms. The standard InChI is InChI=1S/C16H15NO4/c1-2-21-14-9-4-3-8-13(14)15(18)17-12-7-5-6-11(10-12)16(19)20/h3-10H,2H2,1H3,(H,17,18)(H,19,20). The summed E-state index contributed by atoms with van der Waals surface area (Å²) in [7, 11) is 0. The van der Waals surface area contributed by atoms with Crippen LogP contribution in [-0.2, 0) is 0 Å². The minimum absolute atomic E-state index is 0.117. The first-order valence-electron chi connectivity index (χ1n) is 6.48. The second-order valence-electron chi connectivity index (χ2n) is 4.27. The predicted molar refractivity (Wildman–Crippen MR) is 79.0 cm³/mol. The smallest absolute Gasteiger partial charge is 0.335 e. The van der Waals surface area contributed by atoms with Crippen LogP contribution in [0, 0.1) is 0 Å². The van der Waals surface area contributed by atoms with Gasteiger partial charge in [-0.1, -0.05) is 18.2 Å². The number of nitrogens with one attached hydrogen (secondary N) is 1. The van der Waals surface area contributed by atoms with Crippen molar-refractivity contribution < 1.29 is 19.4 Å². The first kappa shape index (κ1) is 14.6. The molecule has 2 aromatic rings. The Hall–Kier alpha value is -2.82. The summed E-state index contributed by atoms with van der Waals surface area (Å²) in [5.74, 6) is -0.894. The van der Waals surface area contributed by atoms with Crippen LogP contribution in [0.2, 0.25) is 0 Å². The average Bonchev–Trinajstić information content (AvgIpc) is 2.48. The van der Waals surface area contributed by atoms with E-state index in [-0.39, 0.29) is 11.5 Å². The van der Waals surface area contributed by atoms with Crippen molar-refractivity contribution in [1.82, 2.24) is 0 Å². The highest BCUT2D eigenvalue weighted by Crippen LogP contribution is 2.20. The number of carbonyl (C=O) groups excluding carboxylic acids is 1. The van der Waals surface area contributed by atoms with Gasteiger partial charge in [-0.3, -0.25) is 4.79 Å². The van der Waals surface area contributed by atoms with E-state index in [0.717, 1.165) is 0 Å². The molecule has 1 amide bonds. The van der Waals surface area contributed by atoms with Gasteiger partial charge in [0.25, 0.3) is 5.91 Å².